The third kappa shape index (κ3) is 7.11. The third-order valence-electron chi connectivity index (χ3n) is 4.67. The van der Waals surface area contributed by atoms with Crippen LogP contribution in [0.2, 0.25) is 0 Å². The minimum Gasteiger partial charge on any atom is -0.872 e. The van der Waals surface area contributed by atoms with E-state index >= 15 is 0 Å². The molecule has 4 aromatic rings. The molecule has 1 aromatic heterocycles. The fraction of sp³-hybridized carbons (Fsp3) is 0.130. The first-order chi connectivity index (χ1) is 14.1. The molecule has 33 heavy (non-hydrogen) atoms. The van der Waals surface area contributed by atoms with Gasteiger partial charge < -0.3 is 41.5 Å². The van der Waals surface area contributed by atoms with Crippen LogP contribution in [0.5, 0.6) is 5.75 Å². The van der Waals surface area contributed by atoms with Gasteiger partial charge in [0.1, 0.15) is 0 Å². The first-order valence-corrected chi connectivity index (χ1v) is 9.06. The number of hydrogen-bond acceptors (Lipinski definition) is 5. The van der Waals surface area contributed by atoms with Crippen molar-refractivity contribution in [3.63, 3.8) is 0 Å². The Morgan fingerprint density at radius 3 is 2.30 bits per heavy atom. The van der Waals surface area contributed by atoms with Crippen molar-refractivity contribution in [1.29, 1.82) is 0 Å². The van der Waals surface area contributed by atoms with E-state index in [1.807, 2.05) is 48.5 Å². The van der Waals surface area contributed by atoms with E-state index in [2.05, 4.69) is 9.98 Å². The van der Waals surface area contributed by atoms with Crippen LogP contribution >= 0.6 is 0 Å². The number of carboxylic acid groups (broad SMARTS) is 1. The quantitative estimate of drug-likeness (QED) is 0.202. The van der Waals surface area contributed by atoms with E-state index < -0.39 is 12.0 Å². The third-order valence-corrected chi connectivity index (χ3v) is 4.67. The van der Waals surface area contributed by atoms with Gasteiger partial charge in [-0.25, -0.2) is 0 Å². The number of para-hydroxylation sites is 1. The maximum Gasteiger partial charge on any atom is 2.00 e. The molecule has 0 saturated heterocycles. The Balaban J connectivity index is 0. The molecular weight excluding hydrogens is 475 g/mol. The summed E-state index contributed by atoms with van der Waals surface area (Å²) in [4.78, 5) is 18.9. The van der Waals surface area contributed by atoms with Gasteiger partial charge in [-0.05, 0) is 28.0 Å². The molecule has 4 rings (SSSR count). The number of nitrogens with zero attached hydrogens (tertiary/aromatic N) is 1. The number of H-pyrrole nitrogens is 1. The van der Waals surface area contributed by atoms with Crippen LogP contribution in [0.4, 0.5) is 0 Å². The van der Waals surface area contributed by atoms with Crippen LogP contribution in [-0.2, 0) is 38.7 Å². The van der Waals surface area contributed by atoms with Gasteiger partial charge in [0.25, 0.3) is 0 Å². The molecule has 0 amide bonds. The van der Waals surface area contributed by atoms with Gasteiger partial charge in [-0.15, -0.1) is 0 Å². The minimum atomic E-state index is -1.27. The molecule has 0 bridgehead atoms. The standard InChI is InChI=1S/C22H18N2O3.CH4O.Ni.3H2O/c25-21-10-9-14-5-1-2-6-16(14)18(21)13-24-20(22(26)27)11-15-12-23-19-8-4-3-7-17(15)19;1-2;;;;/h1-10,12-13,20,23,25H,11H2,(H,26,27);2H,1H3;;3*1H2/q;;+2;;;/t20-;;;;;/m0...../s1. The number of aliphatic hydroxyl groups excluding tert-OH is 1. The summed E-state index contributed by atoms with van der Waals surface area (Å²) in [5.41, 5.74) is 2.17. The average Bonchev–Trinajstić information content (AvgIpc) is 3.16. The molecule has 0 unspecified atom stereocenters. The molecule has 0 saturated carbocycles. The van der Waals surface area contributed by atoms with Crippen LogP contribution in [-0.4, -0.2) is 40.9 Å². The normalized spacial score (nSPS) is 10.6. The number of aromatic amines is 1. The molecule has 0 radical (unpaired) electrons. The van der Waals surface area contributed by atoms with Crippen molar-refractivity contribution in [2.45, 2.75) is 12.5 Å². The van der Waals surface area contributed by atoms with Gasteiger partial charge in [-0.3, -0.25) is 4.99 Å². The Bertz CT molecular complexity index is 1180. The largest absolute Gasteiger partial charge is 2.00 e. The van der Waals surface area contributed by atoms with Crippen molar-refractivity contribution < 1.29 is 53.0 Å². The number of aliphatic carboxylic acids is 1. The van der Waals surface area contributed by atoms with Crippen molar-refractivity contribution >= 4 is 33.9 Å². The Hall–Kier alpha value is -3.27. The number of carboxylic acids is 1. The molecule has 3 aromatic carbocycles. The van der Waals surface area contributed by atoms with Gasteiger partial charge in [-0.1, -0.05) is 60.3 Å². The van der Waals surface area contributed by atoms with Crippen LogP contribution in [0.15, 0.2) is 71.9 Å². The van der Waals surface area contributed by atoms with Gasteiger partial charge in [0.2, 0.25) is 0 Å². The molecule has 0 fully saturated rings. The van der Waals surface area contributed by atoms with E-state index in [0.29, 0.717) is 5.56 Å². The molecule has 0 aliphatic carbocycles. The zero-order valence-corrected chi connectivity index (χ0v) is 18.8. The number of carbonyl (C=O) groups excluding carboxylic acids is 1. The van der Waals surface area contributed by atoms with Crippen LogP contribution in [0.1, 0.15) is 11.1 Å². The first kappa shape index (κ1) is 31.9. The zero-order valence-electron chi connectivity index (χ0n) is 17.8. The smallest absolute Gasteiger partial charge is 0.872 e. The number of aliphatic hydroxyl groups is 1. The molecule has 1 heterocycles. The Kier molecular flexibility index (Phi) is 14.2. The number of aromatic nitrogens is 1. The summed E-state index contributed by atoms with van der Waals surface area (Å²) >= 11 is 0. The number of benzene rings is 3. The Morgan fingerprint density at radius 1 is 1.03 bits per heavy atom. The number of fused-ring (bicyclic) bond motifs is 2. The molecule has 0 aliphatic heterocycles. The van der Waals surface area contributed by atoms with E-state index in [1.165, 1.54) is 12.3 Å². The molecule has 0 spiro atoms. The van der Waals surface area contributed by atoms with E-state index in [1.54, 1.807) is 12.3 Å². The molecular formula is C23H28N2NiO7+2. The Morgan fingerprint density at radius 2 is 1.64 bits per heavy atom. The van der Waals surface area contributed by atoms with E-state index in [9.17, 15) is 15.0 Å². The summed E-state index contributed by atoms with van der Waals surface area (Å²) < 4.78 is 0. The second-order valence-corrected chi connectivity index (χ2v) is 6.38. The maximum atomic E-state index is 12.2. The second-order valence-electron chi connectivity index (χ2n) is 6.38. The summed E-state index contributed by atoms with van der Waals surface area (Å²) in [7, 11) is 1.00. The second kappa shape index (κ2) is 14.7. The van der Waals surface area contributed by atoms with Crippen molar-refractivity contribution in [1.82, 2.24) is 4.98 Å². The number of rotatable bonds is 5. The van der Waals surface area contributed by atoms with E-state index in [0.717, 1.165) is 34.3 Å². The number of carbonyl (C=O) groups is 1. The predicted octanol–water partition coefficient (Wildman–Crippen LogP) is -0.888. The molecule has 10 heteroatoms. The molecule has 9 nitrogen and oxygen atoms in total. The summed E-state index contributed by atoms with van der Waals surface area (Å²) in [5.74, 6) is -1.47. The molecule has 10 N–H and O–H groups in total. The fourth-order valence-electron chi connectivity index (χ4n) is 3.28. The minimum absolute atomic E-state index is 0. The van der Waals surface area contributed by atoms with E-state index in [-0.39, 0.29) is 45.1 Å². The van der Waals surface area contributed by atoms with Gasteiger partial charge in [-0.2, -0.15) is 0 Å². The summed E-state index contributed by atoms with van der Waals surface area (Å²) in [6, 6.07) is 17.2. The van der Waals surface area contributed by atoms with Crippen molar-refractivity contribution in [2.24, 2.45) is 4.99 Å². The van der Waals surface area contributed by atoms with Crippen LogP contribution in [0, 0.1) is 0 Å². The average molecular weight is 503 g/mol. The van der Waals surface area contributed by atoms with Crippen LogP contribution < -0.4 is 10.2 Å². The number of aliphatic imine (C=N–C) groups is 1. The van der Waals surface area contributed by atoms with Gasteiger partial charge >= 0.3 is 16.5 Å². The van der Waals surface area contributed by atoms with Crippen molar-refractivity contribution in [3.05, 3.63) is 78.0 Å². The molecule has 180 valence electrons. The number of nitrogens with one attached hydrogen (secondary N) is 1. The van der Waals surface area contributed by atoms with Gasteiger partial charge in [0.05, 0.1) is 12.0 Å². The van der Waals surface area contributed by atoms with Crippen LogP contribution in [0.3, 0.4) is 0 Å². The molecule has 1 atom stereocenters. The molecule has 0 aliphatic rings. The van der Waals surface area contributed by atoms with E-state index in [4.69, 9.17) is 5.11 Å². The summed E-state index contributed by atoms with van der Waals surface area (Å²) in [6.45, 7) is 0. The van der Waals surface area contributed by atoms with Gasteiger partial charge in [0.15, 0.2) is 0 Å². The summed E-state index contributed by atoms with van der Waals surface area (Å²) in [5, 5.41) is 33.5. The number of hydrogen-bond donors (Lipinski definition) is 2. The van der Waals surface area contributed by atoms with Gasteiger partial charge in [0, 0.05) is 36.8 Å². The van der Waals surface area contributed by atoms with Crippen molar-refractivity contribution in [2.75, 3.05) is 7.11 Å². The van der Waals surface area contributed by atoms with Crippen LogP contribution in [0.25, 0.3) is 21.7 Å². The SMILES string of the molecule is CO.O.O=C([O-])[C@H](Cc1c[nH]c2ccccc12)N=Cc1c([O-])ccc2ccccc12.[Ni+2].[OH3+].[OH3+]. The predicted molar refractivity (Wildman–Crippen MR) is 123 cm³/mol. The monoisotopic (exact) mass is 502 g/mol. The zero-order chi connectivity index (χ0) is 20.8. The summed E-state index contributed by atoms with van der Waals surface area (Å²) in [6.07, 6.45) is 3.33. The fourth-order valence-corrected chi connectivity index (χ4v) is 3.28. The topological polar surface area (TPSA) is 209 Å². The van der Waals surface area contributed by atoms with Crippen molar-refractivity contribution in [3.8, 4) is 5.75 Å². The Labute approximate surface area is 200 Å². The first-order valence-electron chi connectivity index (χ1n) is 9.06. The maximum absolute atomic E-state index is 12.2.